The molecular formula is C18H22N4O2S. The summed E-state index contributed by atoms with van der Waals surface area (Å²) in [5.41, 5.74) is 2.02. The molecule has 0 aliphatic carbocycles. The van der Waals surface area contributed by atoms with Gasteiger partial charge in [0.2, 0.25) is 0 Å². The van der Waals surface area contributed by atoms with E-state index in [0.29, 0.717) is 23.5 Å². The van der Waals surface area contributed by atoms with Gasteiger partial charge in [-0.3, -0.25) is 4.79 Å². The second-order valence-electron chi connectivity index (χ2n) is 5.90. The summed E-state index contributed by atoms with van der Waals surface area (Å²) < 4.78 is 0. The van der Waals surface area contributed by atoms with Crippen molar-refractivity contribution in [3.63, 3.8) is 0 Å². The average molecular weight is 358 g/mol. The SMILES string of the molecule is O=c1[nH]cnc2c(CNCC(CCO)CSc3ccccc3)c[nH]c12. The zero-order valence-corrected chi connectivity index (χ0v) is 14.7. The Morgan fingerprint density at radius 1 is 1.24 bits per heavy atom. The molecule has 0 amide bonds. The van der Waals surface area contributed by atoms with Gasteiger partial charge < -0.3 is 20.4 Å². The fourth-order valence-corrected chi connectivity index (χ4v) is 3.77. The van der Waals surface area contributed by atoms with Crippen LogP contribution in [-0.2, 0) is 6.54 Å². The fraction of sp³-hybridized carbons (Fsp3) is 0.333. The molecule has 132 valence electrons. The minimum Gasteiger partial charge on any atom is -0.396 e. The van der Waals surface area contributed by atoms with E-state index >= 15 is 0 Å². The van der Waals surface area contributed by atoms with E-state index in [1.54, 1.807) is 11.8 Å². The van der Waals surface area contributed by atoms with Gasteiger partial charge in [-0.25, -0.2) is 4.98 Å². The maximum Gasteiger partial charge on any atom is 0.275 e. The molecule has 1 aromatic carbocycles. The highest BCUT2D eigenvalue weighted by Gasteiger charge is 2.11. The third-order valence-corrected chi connectivity index (χ3v) is 5.31. The Bertz CT molecular complexity index is 847. The summed E-state index contributed by atoms with van der Waals surface area (Å²) in [6, 6.07) is 10.3. The molecule has 0 radical (unpaired) electrons. The molecule has 0 saturated carbocycles. The number of hydrogen-bond donors (Lipinski definition) is 4. The maximum atomic E-state index is 11.7. The molecule has 1 atom stereocenters. The topological polar surface area (TPSA) is 93.8 Å². The van der Waals surface area contributed by atoms with Gasteiger partial charge in [0.1, 0.15) is 5.52 Å². The Labute approximate surface area is 150 Å². The summed E-state index contributed by atoms with van der Waals surface area (Å²) in [7, 11) is 0. The number of rotatable bonds is 9. The van der Waals surface area contributed by atoms with Crippen LogP contribution in [0.1, 0.15) is 12.0 Å². The van der Waals surface area contributed by atoms with Crippen LogP contribution in [0.4, 0.5) is 0 Å². The van der Waals surface area contributed by atoms with Crippen molar-refractivity contribution in [3.8, 4) is 0 Å². The molecule has 2 heterocycles. The summed E-state index contributed by atoms with van der Waals surface area (Å²) in [5.74, 6) is 1.32. The Morgan fingerprint density at radius 2 is 2.08 bits per heavy atom. The van der Waals surface area contributed by atoms with Crippen molar-refractivity contribution in [2.75, 3.05) is 18.9 Å². The monoisotopic (exact) mass is 358 g/mol. The van der Waals surface area contributed by atoms with Crippen molar-refractivity contribution >= 4 is 22.8 Å². The lowest BCUT2D eigenvalue weighted by Gasteiger charge is -2.16. The zero-order chi connectivity index (χ0) is 17.5. The first-order chi connectivity index (χ1) is 12.3. The summed E-state index contributed by atoms with van der Waals surface area (Å²) in [6.45, 7) is 1.62. The molecule has 25 heavy (non-hydrogen) atoms. The molecule has 7 heteroatoms. The van der Waals surface area contributed by atoms with Crippen molar-refractivity contribution in [2.45, 2.75) is 17.9 Å². The van der Waals surface area contributed by atoms with E-state index in [-0.39, 0.29) is 12.2 Å². The van der Waals surface area contributed by atoms with E-state index in [2.05, 4.69) is 32.4 Å². The first-order valence-electron chi connectivity index (χ1n) is 8.31. The molecule has 0 aliphatic rings. The van der Waals surface area contributed by atoms with Crippen molar-refractivity contribution in [3.05, 3.63) is 58.8 Å². The van der Waals surface area contributed by atoms with Crippen LogP contribution in [0.25, 0.3) is 11.0 Å². The van der Waals surface area contributed by atoms with Crippen molar-refractivity contribution in [1.29, 1.82) is 0 Å². The smallest absolute Gasteiger partial charge is 0.275 e. The second kappa shape index (κ2) is 8.84. The Morgan fingerprint density at radius 3 is 2.88 bits per heavy atom. The lowest BCUT2D eigenvalue weighted by molar-refractivity contribution is 0.261. The van der Waals surface area contributed by atoms with Crippen LogP contribution < -0.4 is 10.9 Å². The number of hydrogen-bond acceptors (Lipinski definition) is 5. The van der Waals surface area contributed by atoms with E-state index in [4.69, 9.17) is 0 Å². The molecule has 6 nitrogen and oxygen atoms in total. The highest BCUT2D eigenvalue weighted by molar-refractivity contribution is 7.99. The lowest BCUT2D eigenvalue weighted by Crippen LogP contribution is -2.25. The van der Waals surface area contributed by atoms with Crippen LogP contribution in [0.5, 0.6) is 0 Å². The first-order valence-corrected chi connectivity index (χ1v) is 9.29. The quantitative estimate of drug-likeness (QED) is 0.440. The third kappa shape index (κ3) is 4.72. The molecule has 2 aromatic heterocycles. The molecule has 1 unspecified atom stereocenters. The van der Waals surface area contributed by atoms with Gasteiger partial charge in [-0.2, -0.15) is 0 Å². The van der Waals surface area contributed by atoms with Crippen LogP contribution in [0.15, 0.2) is 52.5 Å². The van der Waals surface area contributed by atoms with E-state index < -0.39 is 0 Å². The van der Waals surface area contributed by atoms with E-state index in [1.165, 1.54) is 11.2 Å². The average Bonchev–Trinajstić information content (AvgIpc) is 3.05. The number of aromatic amines is 2. The Hall–Kier alpha value is -2.09. The van der Waals surface area contributed by atoms with Crippen LogP contribution >= 0.6 is 11.8 Å². The highest BCUT2D eigenvalue weighted by Crippen LogP contribution is 2.21. The van der Waals surface area contributed by atoms with Gasteiger partial charge >= 0.3 is 0 Å². The summed E-state index contributed by atoms with van der Waals surface area (Å²) in [4.78, 5) is 22.7. The number of thioether (sulfide) groups is 1. The normalized spacial score (nSPS) is 12.5. The maximum absolute atomic E-state index is 11.7. The largest absolute Gasteiger partial charge is 0.396 e. The Balaban J connectivity index is 1.54. The number of aliphatic hydroxyl groups is 1. The van der Waals surface area contributed by atoms with Crippen molar-refractivity contribution in [2.24, 2.45) is 5.92 Å². The number of H-pyrrole nitrogens is 2. The molecule has 0 spiro atoms. The highest BCUT2D eigenvalue weighted by atomic mass is 32.2. The van der Waals surface area contributed by atoms with Crippen molar-refractivity contribution < 1.29 is 5.11 Å². The molecule has 3 aromatic rings. The van der Waals surface area contributed by atoms with Crippen LogP contribution in [0.2, 0.25) is 0 Å². The lowest BCUT2D eigenvalue weighted by atomic mass is 10.1. The number of benzene rings is 1. The first kappa shape index (κ1) is 17.7. The molecule has 0 bridgehead atoms. The number of nitrogens with one attached hydrogen (secondary N) is 3. The number of aliphatic hydroxyl groups excluding tert-OH is 1. The van der Waals surface area contributed by atoms with Gasteiger partial charge in [0, 0.05) is 35.6 Å². The zero-order valence-electron chi connectivity index (χ0n) is 13.9. The van der Waals surface area contributed by atoms with Crippen LogP contribution in [-0.4, -0.2) is 39.0 Å². The summed E-state index contributed by atoms with van der Waals surface area (Å²) >= 11 is 1.81. The minimum absolute atomic E-state index is 0.159. The number of nitrogens with zero attached hydrogens (tertiary/aromatic N) is 1. The summed E-state index contributed by atoms with van der Waals surface area (Å²) in [5, 5.41) is 12.7. The predicted octanol–water partition coefficient (Wildman–Crippen LogP) is 2.13. The molecule has 3 rings (SSSR count). The molecule has 0 saturated heterocycles. The predicted molar refractivity (Wildman–Crippen MR) is 101 cm³/mol. The summed E-state index contributed by atoms with van der Waals surface area (Å²) in [6.07, 6.45) is 4.01. The molecule has 4 N–H and O–H groups in total. The third-order valence-electron chi connectivity index (χ3n) is 4.06. The Kier molecular flexibility index (Phi) is 6.27. The van der Waals surface area contributed by atoms with Gasteiger partial charge in [0.05, 0.1) is 11.8 Å². The van der Waals surface area contributed by atoms with Crippen molar-refractivity contribution in [1.82, 2.24) is 20.3 Å². The number of aromatic nitrogens is 3. The van der Waals surface area contributed by atoms with E-state index in [1.807, 2.05) is 24.4 Å². The minimum atomic E-state index is -0.159. The molecule has 0 fully saturated rings. The fourth-order valence-electron chi connectivity index (χ4n) is 2.71. The van der Waals surface area contributed by atoms with E-state index in [9.17, 15) is 9.90 Å². The second-order valence-corrected chi connectivity index (χ2v) is 7.00. The van der Waals surface area contributed by atoms with Gasteiger partial charge in [-0.1, -0.05) is 18.2 Å². The van der Waals surface area contributed by atoms with Gasteiger partial charge in [-0.05, 0) is 31.0 Å². The van der Waals surface area contributed by atoms with E-state index in [0.717, 1.165) is 24.3 Å². The standard InChI is InChI=1S/C18H22N4O2S/c23-7-6-13(11-25-15-4-2-1-3-5-15)8-19-9-14-10-20-17-16(14)21-12-22-18(17)24/h1-5,10,12-13,19-20,23H,6-9,11H2,(H,21,22,24). The van der Waals surface area contributed by atoms with Crippen LogP contribution in [0.3, 0.4) is 0 Å². The molecular weight excluding hydrogens is 336 g/mol. The van der Waals surface area contributed by atoms with Gasteiger partial charge in [-0.15, -0.1) is 11.8 Å². The molecule has 0 aliphatic heterocycles. The number of fused-ring (bicyclic) bond motifs is 1. The van der Waals surface area contributed by atoms with Gasteiger partial charge in [0.25, 0.3) is 5.56 Å². The van der Waals surface area contributed by atoms with Crippen LogP contribution in [0, 0.1) is 5.92 Å². The van der Waals surface area contributed by atoms with Gasteiger partial charge in [0.15, 0.2) is 0 Å².